The van der Waals surface area contributed by atoms with E-state index in [1.165, 1.54) is 7.11 Å². The quantitative estimate of drug-likeness (QED) is 0.631. The molecule has 1 heterocycles. The Kier molecular flexibility index (Phi) is 2.42. The van der Waals surface area contributed by atoms with Crippen LogP contribution in [0.15, 0.2) is 0 Å². The summed E-state index contributed by atoms with van der Waals surface area (Å²) in [5, 5.41) is 12.3. The first-order valence-electron chi connectivity index (χ1n) is 5.14. The molecule has 0 bridgehead atoms. The molecule has 0 amide bonds. The van der Waals surface area contributed by atoms with Crippen molar-refractivity contribution in [2.24, 2.45) is 11.8 Å². The van der Waals surface area contributed by atoms with Gasteiger partial charge in [0.25, 0.3) is 0 Å². The van der Waals surface area contributed by atoms with Gasteiger partial charge < -0.3 is 15.2 Å². The van der Waals surface area contributed by atoms with E-state index in [9.17, 15) is 9.59 Å². The van der Waals surface area contributed by atoms with Crippen LogP contribution in [0.5, 0.6) is 0 Å². The summed E-state index contributed by atoms with van der Waals surface area (Å²) in [6.45, 7) is 0.917. The molecule has 84 valence electrons. The van der Waals surface area contributed by atoms with Crippen molar-refractivity contribution in [1.82, 2.24) is 5.32 Å². The number of carbonyl (C=O) groups excluding carboxylic acids is 1. The standard InChI is InChI=1S/C10H15NO4/c1-15-9(14)7-5-10(2-3-11-10)4-6(7)8(12)13/h6-7,11H,2-5H2,1H3,(H,12,13)/t6-,7+,10?/m1/s1. The zero-order chi connectivity index (χ0) is 11.1. The van der Waals surface area contributed by atoms with E-state index in [0.717, 1.165) is 13.0 Å². The Bertz CT molecular complexity index is 298. The molecule has 1 aliphatic carbocycles. The Morgan fingerprint density at radius 1 is 1.40 bits per heavy atom. The Morgan fingerprint density at radius 2 is 2.00 bits per heavy atom. The number of carbonyl (C=O) groups is 2. The number of ether oxygens (including phenoxy) is 1. The summed E-state index contributed by atoms with van der Waals surface area (Å²) in [5.74, 6) is -2.37. The third-order valence-electron chi connectivity index (χ3n) is 3.63. The van der Waals surface area contributed by atoms with Crippen molar-refractivity contribution in [3.05, 3.63) is 0 Å². The van der Waals surface area contributed by atoms with Crippen LogP contribution in [0.25, 0.3) is 0 Å². The first-order chi connectivity index (χ1) is 7.08. The second-order valence-corrected chi connectivity index (χ2v) is 4.44. The van der Waals surface area contributed by atoms with Crippen molar-refractivity contribution >= 4 is 11.9 Å². The highest BCUT2D eigenvalue weighted by atomic mass is 16.5. The molecule has 0 aromatic heterocycles. The highest BCUT2D eigenvalue weighted by Gasteiger charge is 2.53. The van der Waals surface area contributed by atoms with Crippen LogP contribution in [0, 0.1) is 11.8 Å². The lowest BCUT2D eigenvalue weighted by molar-refractivity contribution is -0.154. The smallest absolute Gasteiger partial charge is 0.309 e. The largest absolute Gasteiger partial charge is 0.481 e. The van der Waals surface area contributed by atoms with E-state index in [0.29, 0.717) is 12.8 Å². The minimum Gasteiger partial charge on any atom is -0.481 e. The van der Waals surface area contributed by atoms with Crippen LogP contribution in [-0.4, -0.2) is 36.2 Å². The summed E-state index contributed by atoms with van der Waals surface area (Å²) in [4.78, 5) is 22.5. The summed E-state index contributed by atoms with van der Waals surface area (Å²) in [6.07, 6.45) is 2.10. The zero-order valence-electron chi connectivity index (χ0n) is 8.66. The molecule has 5 nitrogen and oxygen atoms in total. The van der Waals surface area contributed by atoms with Crippen LogP contribution in [0.1, 0.15) is 19.3 Å². The summed E-state index contributed by atoms with van der Waals surface area (Å²) in [5.41, 5.74) is -0.109. The molecule has 2 N–H and O–H groups in total. The van der Waals surface area contributed by atoms with Crippen LogP contribution >= 0.6 is 0 Å². The van der Waals surface area contributed by atoms with Crippen molar-refractivity contribution in [3.63, 3.8) is 0 Å². The van der Waals surface area contributed by atoms with Gasteiger partial charge in [0.1, 0.15) is 0 Å². The fraction of sp³-hybridized carbons (Fsp3) is 0.800. The highest BCUT2D eigenvalue weighted by Crippen LogP contribution is 2.45. The fourth-order valence-corrected chi connectivity index (χ4v) is 2.70. The van der Waals surface area contributed by atoms with Gasteiger partial charge in [0.2, 0.25) is 0 Å². The third-order valence-corrected chi connectivity index (χ3v) is 3.63. The van der Waals surface area contributed by atoms with Gasteiger partial charge in [0.05, 0.1) is 18.9 Å². The summed E-state index contributed by atoms with van der Waals surface area (Å²) >= 11 is 0. The number of nitrogens with one attached hydrogen (secondary N) is 1. The second-order valence-electron chi connectivity index (χ2n) is 4.44. The van der Waals surface area contributed by atoms with Gasteiger partial charge >= 0.3 is 11.9 Å². The number of carboxylic acids is 1. The molecule has 0 radical (unpaired) electrons. The van der Waals surface area contributed by atoms with Crippen molar-refractivity contribution in [3.8, 4) is 0 Å². The molecule has 1 spiro atoms. The minimum atomic E-state index is -0.893. The molecule has 1 aliphatic heterocycles. The van der Waals surface area contributed by atoms with Gasteiger partial charge in [-0.25, -0.2) is 0 Å². The van der Waals surface area contributed by atoms with Crippen molar-refractivity contribution in [2.75, 3.05) is 13.7 Å². The van der Waals surface area contributed by atoms with Crippen molar-refractivity contribution in [1.29, 1.82) is 0 Å². The summed E-state index contributed by atoms with van der Waals surface area (Å²) in [6, 6.07) is 0. The Balaban J connectivity index is 2.14. The Morgan fingerprint density at radius 3 is 2.40 bits per heavy atom. The number of hydrogen-bond donors (Lipinski definition) is 2. The molecule has 0 aromatic rings. The fourth-order valence-electron chi connectivity index (χ4n) is 2.70. The summed E-state index contributed by atoms with van der Waals surface area (Å²) in [7, 11) is 1.31. The number of methoxy groups -OCH3 is 1. The predicted molar refractivity (Wildman–Crippen MR) is 51.2 cm³/mol. The number of carboxylic acid groups (broad SMARTS) is 1. The first-order valence-corrected chi connectivity index (χ1v) is 5.14. The molecule has 2 aliphatic rings. The van der Waals surface area contributed by atoms with E-state index in [4.69, 9.17) is 5.11 Å². The molecule has 2 fully saturated rings. The number of esters is 1. The predicted octanol–water partition coefficient (Wildman–Crippen LogP) is 0.00230. The van der Waals surface area contributed by atoms with Gasteiger partial charge in [-0.3, -0.25) is 9.59 Å². The summed E-state index contributed by atoms with van der Waals surface area (Å²) < 4.78 is 4.65. The first kappa shape index (κ1) is 10.4. The number of aliphatic carboxylic acids is 1. The molecular formula is C10H15NO4. The van der Waals surface area contributed by atoms with Crippen LogP contribution in [-0.2, 0) is 14.3 Å². The maximum absolute atomic E-state index is 11.4. The van der Waals surface area contributed by atoms with Gasteiger partial charge in [0.15, 0.2) is 0 Å². The molecular weight excluding hydrogens is 198 g/mol. The van der Waals surface area contributed by atoms with Crippen molar-refractivity contribution in [2.45, 2.75) is 24.8 Å². The van der Waals surface area contributed by atoms with E-state index >= 15 is 0 Å². The molecule has 15 heavy (non-hydrogen) atoms. The monoisotopic (exact) mass is 213 g/mol. The van der Waals surface area contributed by atoms with Crippen LogP contribution < -0.4 is 5.32 Å². The average Bonchev–Trinajstić information content (AvgIpc) is 2.56. The highest BCUT2D eigenvalue weighted by molar-refractivity contribution is 5.82. The van der Waals surface area contributed by atoms with Crippen LogP contribution in [0.3, 0.4) is 0 Å². The topological polar surface area (TPSA) is 75.6 Å². The van der Waals surface area contributed by atoms with Gasteiger partial charge in [-0.15, -0.1) is 0 Å². The lowest BCUT2D eigenvalue weighted by Gasteiger charge is -2.40. The molecule has 3 atom stereocenters. The van der Waals surface area contributed by atoms with E-state index in [1.54, 1.807) is 0 Å². The van der Waals surface area contributed by atoms with Gasteiger partial charge in [0, 0.05) is 5.54 Å². The number of rotatable bonds is 2. The van der Waals surface area contributed by atoms with E-state index in [2.05, 4.69) is 10.1 Å². The van der Waals surface area contributed by atoms with E-state index in [-0.39, 0.29) is 5.54 Å². The molecule has 1 saturated carbocycles. The molecule has 1 saturated heterocycles. The van der Waals surface area contributed by atoms with E-state index in [1.807, 2.05) is 0 Å². The third kappa shape index (κ3) is 1.61. The number of hydrogen-bond acceptors (Lipinski definition) is 4. The molecule has 1 unspecified atom stereocenters. The zero-order valence-corrected chi connectivity index (χ0v) is 8.66. The lowest BCUT2D eigenvalue weighted by atomic mass is 9.85. The SMILES string of the molecule is COC(=O)[C@H]1CC2(CCN2)C[C@H]1C(=O)O. The maximum atomic E-state index is 11.4. The average molecular weight is 213 g/mol. The van der Waals surface area contributed by atoms with Crippen molar-refractivity contribution < 1.29 is 19.4 Å². The van der Waals surface area contributed by atoms with Gasteiger partial charge in [-0.1, -0.05) is 0 Å². The maximum Gasteiger partial charge on any atom is 0.309 e. The molecule has 2 rings (SSSR count). The normalized spacial score (nSPS) is 38.7. The van der Waals surface area contributed by atoms with E-state index < -0.39 is 23.8 Å². The lowest BCUT2D eigenvalue weighted by Crippen LogP contribution is -2.55. The van der Waals surface area contributed by atoms with Gasteiger partial charge in [-0.05, 0) is 25.8 Å². The Hall–Kier alpha value is -1.10. The van der Waals surface area contributed by atoms with Crippen LogP contribution in [0.4, 0.5) is 0 Å². The molecule has 5 heteroatoms. The Labute approximate surface area is 87.8 Å². The minimum absolute atomic E-state index is 0.109. The van der Waals surface area contributed by atoms with Crippen LogP contribution in [0.2, 0.25) is 0 Å². The van der Waals surface area contributed by atoms with Gasteiger partial charge in [-0.2, -0.15) is 0 Å². The second kappa shape index (κ2) is 3.48. The molecule has 0 aromatic carbocycles.